The van der Waals surface area contributed by atoms with Gasteiger partial charge in [0.15, 0.2) is 0 Å². The number of hydrogen-bond donors (Lipinski definition) is 1. The minimum atomic E-state index is -0.513. The standard InChI is InChI=1S/C21H27FN4O3.C21H25FN4O2.CH3B/c1-21(2,3)29-20(28)26-10-8-25(9-11-26)19-23-12-16(13-24-19)18(14-27)15-4-6-17(22)7-5-15;1-15(16-5-7-18(22)8-6-16)17-13-23-19(24-14-17)25-9-11-26(12-10-25)20(27)28-21(2,3)4;1-2/h4-7,12-13,18,27H,8-11,14H2,1-3H3;5-8,13-14H,1,9-12H2,2-4H3;1H3. The molecular formula is C43H55BF2N8O5. The number of halogens is 2. The maximum absolute atomic E-state index is 13.1. The van der Waals surface area contributed by atoms with E-state index in [-0.39, 0.29) is 36.3 Å². The van der Waals surface area contributed by atoms with Crippen molar-refractivity contribution in [3.05, 3.63) is 114 Å². The first kappa shape index (κ1) is 46.1. The molecule has 4 aromatic rings. The summed E-state index contributed by atoms with van der Waals surface area (Å²) in [4.78, 5) is 49.5. The second kappa shape index (κ2) is 20.9. The molecule has 2 aromatic heterocycles. The van der Waals surface area contributed by atoms with Gasteiger partial charge in [-0.25, -0.2) is 38.3 Å². The van der Waals surface area contributed by atoms with E-state index < -0.39 is 11.2 Å². The number of rotatable bonds is 7. The Morgan fingerprint density at radius 1 is 0.644 bits per heavy atom. The van der Waals surface area contributed by atoms with E-state index in [1.54, 1.807) is 58.9 Å². The molecule has 0 aliphatic carbocycles. The molecule has 0 saturated carbocycles. The summed E-state index contributed by atoms with van der Waals surface area (Å²) in [5, 5.41) is 9.77. The van der Waals surface area contributed by atoms with Crippen LogP contribution in [0.4, 0.5) is 30.3 Å². The fraction of sp³-hybridized carbons (Fsp3) is 0.442. The highest BCUT2D eigenvalue weighted by atomic mass is 19.1. The van der Waals surface area contributed by atoms with Gasteiger partial charge in [0.2, 0.25) is 11.9 Å². The Morgan fingerprint density at radius 3 is 1.39 bits per heavy atom. The zero-order valence-electron chi connectivity index (χ0n) is 35.1. The van der Waals surface area contributed by atoms with Gasteiger partial charge < -0.3 is 34.2 Å². The average molecular weight is 813 g/mol. The van der Waals surface area contributed by atoms with Crippen molar-refractivity contribution in [3.8, 4) is 0 Å². The van der Waals surface area contributed by atoms with Gasteiger partial charge in [0.05, 0.1) is 14.5 Å². The van der Waals surface area contributed by atoms with Crippen LogP contribution < -0.4 is 9.80 Å². The number of aliphatic hydroxyl groups excluding tert-OH is 1. The molecule has 1 unspecified atom stereocenters. The van der Waals surface area contributed by atoms with Gasteiger partial charge in [-0.1, -0.05) is 37.7 Å². The predicted molar refractivity (Wildman–Crippen MR) is 226 cm³/mol. The first-order chi connectivity index (χ1) is 28.0. The lowest BCUT2D eigenvalue weighted by atomic mass is 9.94. The molecule has 2 amide bonds. The van der Waals surface area contributed by atoms with E-state index in [4.69, 9.17) is 9.47 Å². The van der Waals surface area contributed by atoms with E-state index in [0.717, 1.165) is 27.8 Å². The Hall–Kier alpha value is -5.64. The molecule has 13 nitrogen and oxygen atoms in total. The van der Waals surface area contributed by atoms with Crippen LogP contribution in [0.15, 0.2) is 79.9 Å². The van der Waals surface area contributed by atoms with Crippen LogP contribution in [-0.2, 0) is 9.47 Å². The number of ether oxygens (including phenoxy) is 2. The lowest BCUT2D eigenvalue weighted by Gasteiger charge is -2.35. The molecule has 314 valence electrons. The number of anilines is 2. The topological polar surface area (TPSA) is 137 Å². The van der Waals surface area contributed by atoms with Crippen molar-refractivity contribution in [1.29, 1.82) is 0 Å². The summed E-state index contributed by atoms with van der Waals surface area (Å²) in [7, 11) is 4.50. The lowest BCUT2D eigenvalue weighted by Crippen LogP contribution is -2.50. The summed E-state index contributed by atoms with van der Waals surface area (Å²) in [5.74, 6) is 0.276. The Kier molecular flexibility index (Phi) is 16.3. The summed E-state index contributed by atoms with van der Waals surface area (Å²) < 4.78 is 37.1. The number of piperazine rings is 2. The van der Waals surface area contributed by atoms with Crippen LogP contribution >= 0.6 is 0 Å². The summed E-state index contributed by atoms with van der Waals surface area (Å²) in [5.41, 5.74) is 2.89. The molecule has 2 aliphatic rings. The van der Waals surface area contributed by atoms with Crippen LogP contribution in [0.2, 0.25) is 6.82 Å². The molecule has 2 aliphatic heterocycles. The van der Waals surface area contributed by atoms with Crippen molar-refractivity contribution in [3.63, 3.8) is 0 Å². The normalized spacial score (nSPS) is 14.9. The van der Waals surface area contributed by atoms with E-state index in [1.165, 1.54) is 31.1 Å². The van der Waals surface area contributed by atoms with E-state index in [0.29, 0.717) is 64.3 Å². The molecule has 4 heterocycles. The third-order valence-electron chi connectivity index (χ3n) is 9.12. The number of aliphatic hydroxyl groups is 1. The van der Waals surface area contributed by atoms with E-state index in [9.17, 15) is 23.5 Å². The summed E-state index contributed by atoms with van der Waals surface area (Å²) in [6, 6.07) is 12.2. The third kappa shape index (κ3) is 13.7. The highest BCUT2D eigenvalue weighted by Crippen LogP contribution is 2.25. The molecule has 16 heteroatoms. The largest absolute Gasteiger partial charge is 0.444 e. The molecule has 2 radical (unpaired) electrons. The molecule has 2 saturated heterocycles. The quantitative estimate of drug-likeness (QED) is 0.199. The van der Waals surface area contributed by atoms with E-state index in [1.807, 2.05) is 51.3 Å². The lowest BCUT2D eigenvalue weighted by molar-refractivity contribution is 0.0229. The molecular weight excluding hydrogens is 757 g/mol. The minimum absolute atomic E-state index is 0.122. The first-order valence-electron chi connectivity index (χ1n) is 19.5. The highest BCUT2D eigenvalue weighted by Gasteiger charge is 2.28. The molecule has 0 bridgehead atoms. The van der Waals surface area contributed by atoms with Crippen molar-refractivity contribution >= 4 is 37.5 Å². The van der Waals surface area contributed by atoms with Gasteiger partial charge in [0.1, 0.15) is 22.8 Å². The Bertz CT molecular complexity index is 1940. The fourth-order valence-electron chi connectivity index (χ4n) is 6.06. The number of carbonyl (C=O) groups excluding carboxylic acids is 2. The molecule has 1 atom stereocenters. The molecule has 2 aromatic carbocycles. The van der Waals surface area contributed by atoms with Crippen LogP contribution in [0.3, 0.4) is 0 Å². The van der Waals surface area contributed by atoms with Crippen LogP contribution in [0, 0.1) is 11.6 Å². The van der Waals surface area contributed by atoms with E-state index in [2.05, 4.69) is 34.4 Å². The summed E-state index contributed by atoms with van der Waals surface area (Å²) in [6.45, 7) is 21.2. The van der Waals surface area contributed by atoms with E-state index >= 15 is 0 Å². The van der Waals surface area contributed by atoms with Crippen LogP contribution in [0.25, 0.3) is 5.57 Å². The van der Waals surface area contributed by atoms with Crippen molar-refractivity contribution in [2.75, 3.05) is 68.8 Å². The van der Waals surface area contributed by atoms with Gasteiger partial charge in [0.25, 0.3) is 0 Å². The maximum atomic E-state index is 13.1. The van der Waals surface area contributed by atoms with Gasteiger partial charge in [-0.3, -0.25) is 0 Å². The molecule has 59 heavy (non-hydrogen) atoms. The Morgan fingerprint density at radius 2 is 1.02 bits per heavy atom. The van der Waals surface area contributed by atoms with Gasteiger partial charge >= 0.3 is 12.2 Å². The molecule has 1 N–H and O–H groups in total. The molecule has 6 rings (SSSR count). The van der Waals surface area contributed by atoms with Crippen LogP contribution in [0.5, 0.6) is 0 Å². The zero-order valence-corrected chi connectivity index (χ0v) is 35.1. The van der Waals surface area contributed by atoms with Crippen LogP contribution in [-0.4, -0.2) is 125 Å². The number of nitrogens with zero attached hydrogens (tertiary/aromatic N) is 8. The average Bonchev–Trinajstić information content (AvgIpc) is 3.22. The second-order valence-electron chi connectivity index (χ2n) is 15.8. The summed E-state index contributed by atoms with van der Waals surface area (Å²) >= 11 is 0. The number of carbonyl (C=O) groups is 2. The SMILES string of the molecule is C=C(c1ccc(F)cc1)c1cnc(N2CCN(C(=O)OC(C)(C)C)CC2)nc1.CC(C)(C)OC(=O)N1CCN(c2ncc(C(CO)c3ccc(F)cc3)cn2)CC1.[B]C. The molecule has 0 spiro atoms. The monoisotopic (exact) mass is 812 g/mol. The third-order valence-corrected chi connectivity index (χ3v) is 9.12. The molecule has 2 fully saturated rings. The summed E-state index contributed by atoms with van der Waals surface area (Å²) in [6.07, 6.45) is 6.21. The number of amides is 2. The predicted octanol–water partition coefficient (Wildman–Crippen LogP) is 6.73. The van der Waals surface area contributed by atoms with Crippen molar-refractivity contribution < 1.29 is 33.0 Å². The van der Waals surface area contributed by atoms with Gasteiger partial charge in [-0.15, -0.1) is 0 Å². The zero-order chi connectivity index (χ0) is 43.3. The number of benzene rings is 2. The first-order valence-corrected chi connectivity index (χ1v) is 19.5. The van der Waals surface area contributed by atoms with Gasteiger partial charge in [-0.2, -0.15) is 0 Å². The highest BCUT2D eigenvalue weighted by molar-refractivity contribution is 6.05. The van der Waals surface area contributed by atoms with Crippen molar-refractivity contribution in [2.24, 2.45) is 0 Å². The number of aromatic nitrogens is 4. The smallest absolute Gasteiger partial charge is 0.410 e. The minimum Gasteiger partial charge on any atom is -0.444 e. The van der Waals surface area contributed by atoms with Crippen LogP contribution in [0.1, 0.15) is 69.7 Å². The maximum Gasteiger partial charge on any atom is 0.410 e. The van der Waals surface area contributed by atoms with Crippen molar-refractivity contribution in [2.45, 2.75) is 65.5 Å². The Labute approximate surface area is 347 Å². The van der Waals surface area contributed by atoms with Gasteiger partial charge in [0, 0.05) is 88.6 Å². The Balaban J connectivity index is 0.000000250. The fourth-order valence-corrected chi connectivity index (χ4v) is 6.06. The second-order valence-corrected chi connectivity index (χ2v) is 15.8. The number of hydrogen-bond acceptors (Lipinski definition) is 11. The van der Waals surface area contributed by atoms with Crippen molar-refractivity contribution in [1.82, 2.24) is 29.7 Å². The van der Waals surface area contributed by atoms with Gasteiger partial charge in [-0.05, 0) is 88.1 Å².